The molecule has 1 amide bonds. The molecule has 0 aliphatic rings. The highest BCUT2D eigenvalue weighted by Crippen LogP contribution is 2.12. The maximum absolute atomic E-state index is 11.9. The molecule has 6 heteroatoms. The molecule has 0 bridgehead atoms. The second-order valence-electron chi connectivity index (χ2n) is 4.00. The number of aliphatic hydroxyl groups is 1. The zero-order valence-corrected chi connectivity index (χ0v) is 9.80. The van der Waals surface area contributed by atoms with Crippen LogP contribution >= 0.6 is 0 Å². The molecule has 2 aromatic rings. The molecule has 0 fully saturated rings. The van der Waals surface area contributed by atoms with Crippen LogP contribution in [0.25, 0.3) is 10.8 Å². The van der Waals surface area contributed by atoms with Crippen molar-refractivity contribution in [2.24, 2.45) is 0 Å². The summed E-state index contributed by atoms with van der Waals surface area (Å²) in [4.78, 5) is 23.5. The predicted molar refractivity (Wildman–Crippen MR) is 66.4 cm³/mol. The van der Waals surface area contributed by atoms with Gasteiger partial charge in [0.1, 0.15) is 0 Å². The lowest BCUT2D eigenvalue weighted by Crippen LogP contribution is -2.36. The second-order valence-corrected chi connectivity index (χ2v) is 4.00. The molecule has 0 radical (unpaired) electrons. The van der Waals surface area contributed by atoms with Crippen LogP contribution in [-0.4, -0.2) is 33.9 Å². The molecule has 3 N–H and O–H groups in total. The van der Waals surface area contributed by atoms with E-state index in [9.17, 15) is 9.59 Å². The molecule has 1 aromatic carbocycles. The number of hydrogen-bond acceptors (Lipinski definition) is 4. The van der Waals surface area contributed by atoms with E-state index in [1.54, 1.807) is 31.2 Å². The van der Waals surface area contributed by atoms with Gasteiger partial charge in [-0.1, -0.05) is 18.2 Å². The van der Waals surface area contributed by atoms with Gasteiger partial charge in [0, 0.05) is 11.4 Å². The van der Waals surface area contributed by atoms with Crippen LogP contribution in [0.1, 0.15) is 17.4 Å². The molecule has 1 atom stereocenters. The van der Waals surface area contributed by atoms with Crippen LogP contribution < -0.4 is 10.9 Å². The molecule has 0 saturated heterocycles. The van der Waals surface area contributed by atoms with Gasteiger partial charge in [0.05, 0.1) is 12.0 Å². The lowest BCUT2D eigenvalue weighted by Gasteiger charge is -2.10. The standard InChI is InChI=1S/C12H13N3O3/c1-7(6-16)13-12(18)10-8-4-2-3-5-9(8)11(17)15-14-10/h2-5,7,16H,6H2,1H3,(H,13,18)(H,15,17)/t7-/m1/s1. The summed E-state index contributed by atoms with van der Waals surface area (Å²) >= 11 is 0. The van der Waals surface area contributed by atoms with E-state index in [1.165, 1.54) is 0 Å². The molecule has 6 nitrogen and oxygen atoms in total. The minimum absolute atomic E-state index is 0.144. The van der Waals surface area contributed by atoms with Crippen LogP contribution in [0.3, 0.4) is 0 Å². The van der Waals surface area contributed by atoms with Crippen LogP contribution in [0.4, 0.5) is 0 Å². The van der Waals surface area contributed by atoms with E-state index in [-0.39, 0.29) is 23.9 Å². The number of aromatic amines is 1. The summed E-state index contributed by atoms with van der Waals surface area (Å²) in [5, 5.41) is 18.4. The lowest BCUT2D eigenvalue weighted by molar-refractivity contribution is 0.0918. The van der Waals surface area contributed by atoms with Gasteiger partial charge < -0.3 is 10.4 Å². The Bertz CT molecular complexity index is 636. The number of nitrogens with one attached hydrogen (secondary N) is 2. The number of H-pyrrole nitrogens is 1. The Kier molecular flexibility index (Phi) is 3.38. The van der Waals surface area contributed by atoms with Gasteiger partial charge in [-0.05, 0) is 13.0 Å². The van der Waals surface area contributed by atoms with Crippen LogP contribution in [0.15, 0.2) is 29.1 Å². The van der Waals surface area contributed by atoms with Gasteiger partial charge in [0.15, 0.2) is 5.69 Å². The van der Waals surface area contributed by atoms with Crippen LogP contribution in [0.2, 0.25) is 0 Å². The minimum atomic E-state index is -0.427. The molecule has 0 unspecified atom stereocenters. The van der Waals surface area contributed by atoms with E-state index in [1.807, 2.05) is 0 Å². The van der Waals surface area contributed by atoms with Gasteiger partial charge in [-0.2, -0.15) is 5.10 Å². The molecular formula is C12H13N3O3. The van der Waals surface area contributed by atoms with Gasteiger partial charge in [-0.15, -0.1) is 0 Å². The van der Waals surface area contributed by atoms with Gasteiger partial charge in [0.25, 0.3) is 11.5 Å². The maximum Gasteiger partial charge on any atom is 0.272 e. The summed E-state index contributed by atoms with van der Waals surface area (Å²) < 4.78 is 0. The molecule has 18 heavy (non-hydrogen) atoms. The lowest BCUT2D eigenvalue weighted by atomic mass is 10.1. The summed E-state index contributed by atoms with van der Waals surface area (Å²) in [6, 6.07) is 6.37. The molecule has 0 aliphatic heterocycles. The first-order valence-corrected chi connectivity index (χ1v) is 5.52. The van der Waals surface area contributed by atoms with Crippen LogP contribution in [-0.2, 0) is 0 Å². The highest BCUT2D eigenvalue weighted by atomic mass is 16.3. The number of carbonyl (C=O) groups excluding carboxylic acids is 1. The van der Waals surface area contributed by atoms with E-state index in [0.29, 0.717) is 10.8 Å². The Labute approximate surface area is 103 Å². The summed E-state index contributed by atoms with van der Waals surface area (Å²) in [5.74, 6) is -0.427. The molecule has 0 aliphatic carbocycles. The van der Waals surface area contributed by atoms with E-state index < -0.39 is 5.91 Å². The number of carbonyl (C=O) groups is 1. The second kappa shape index (κ2) is 4.97. The van der Waals surface area contributed by atoms with Crippen molar-refractivity contribution < 1.29 is 9.90 Å². The topological polar surface area (TPSA) is 95.1 Å². The SMILES string of the molecule is C[C@H](CO)NC(=O)c1n[nH]c(=O)c2ccccc12. The normalized spacial score (nSPS) is 12.3. The number of fused-ring (bicyclic) bond motifs is 1. The number of aromatic nitrogens is 2. The zero-order valence-electron chi connectivity index (χ0n) is 9.80. The fourth-order valence-corrected chi connectivity index (χ4v) is 1.63. The first-order valence-electron chi connectivity index (χ1n) is 5.52. The summed E-state index contributed by atoms with van der Waals surface area (Å²) in [7, 11) is 0. The molecule has 0 saturated carbocycles. The number of nitrogens with zero attached hydrogens (tertiary/aromatic N) is 1. The third kappa shape index (κ3) is 2.23. The highest BCUT2D eigenvalue weighted by molar-refractivity contribution is 6.04. The minimum Gasteiger partial charge on any atom is -0.394 e. The third-order valence-electron chi connectivity index (χ3n) is 2.56. The van der Waals surface area contributed by atoms with Gasteiger partial charge in [0.2, 0.25) is 0 Å². The van der Waals surface area contributed by atoms with Gasteiger partial charge >= 0.3 is 0 Å². The van der Waals surface area contributed by atoms with E-state index >= 15 is 0 Å². The van der Waals surface area contributed by atoms with Crippen molar-refractivity contribution in [3.05, 3.63) is 40.3 Å². The average Bonchev–Trinajstić information content (AvgIpc) is 2.39. The molecule has 1 heterocycles. The summed E-state index contributed by atoms with van der Waals surface area (Å²) in [5.41, 5.74) is -0.192. The summed E-state index contributed by atoms with van der Waals surface area (Å²) in [6.07, 6.45) is 0. The quantitative estimate of drug-likeness (QED) is 0.713. The Hall–Kier alpha value is -2.21. The Morgan fingerprint density at radius 1 is 1.44 bits per heavy atom. The van der Waals surface area contributed by atoms with Crippen molar-refractivity contribution in [1.82, 2.24) is 15.5 Å². The van der Waals surface area contributed by atoms with Crippen LogP contribution in [0, 0.1) is 0 Å². The fraction of sp³-hybridized carbons (Fsp3) is 0.250. The highest BCUT2D eigenvalue weighted by Gasteiger charge is 2.15. The van der Waals surface area contributed by atoms with E-state index in [0.717, 1.165) is 0 Å². The first kappa shape index (κ1) is 12.3. The Morgan fingerprint density at radius 2 is 2.11 bits per heavy atom. The average molecular weight is 247 g/mol. The first-order chi connectivity index (χ1) is 8.63. The predicted octanol–water partition coefficient (Wildman–Crippen LogP) is 0.0337. The smallest absolute Gasteiger partial charge is 0.272 e. The van der Waals surface area contributed by atoms with Crippen LogP contribution in [0.5, 0.6) is 0 Å². The molecule has 0 spiro atoms. The van der Waals surface area contributed by atoms with Crippen molar-refractivity contribution in [2.75, 3.05) is 6.61 Å². The Morgan fingerprint density at radius 3 is 2.78 bits per heavy atom. The Balaban J connectivity index is 2.49. The maximum atomic E-state index is 11.9. The van der Waals surface area contributed by atoms with Crippen molar-refractivity contribution in [3.8, 4) is 0 Å². The van der Waals surface area contributed by atoms with Gasteiger partial charge in [-0.3, -0.25) is 9.59 Å². The number of hydrogen-bond donors (Lipinski definition) is 3. The number of benzene rings is 1. The largest absolute Gasteiger partial charge is 0.394 e. The number of aliphatic hydroxyl groups excluding tert-OH is 1. The molecule has 2 rings (SSSR count). The number of amides is 1. The van der Waals surface area contributed by atoms with Gasteiger partial charge in [-0.25, -0.2) is 5.10 Å². The van der Waals surface area contributed by atoms with E-state index in [2.05, 4.69) is 15.5 Å². The van der Waals surface area contributed by atoms with Crippen molar-refractivity contribution in [3.63, 3.8) is 0 Å². The summed E-state index contributed by atoms with van der Waals surface area (Å²) in [6.45, 7) is 1.51. The van der Waals surface area contributed by atoms with Crippen molar-refractivity contribution in [1.29, 1.82) is 0 Å². The fourth-order valence-electron chi connectivity index (χ4n) is 1.63. The zero-order chi connectivity index (χ0) is 13.1. The number of rotatable bonds is 3. The monoisotopic (exact) mass is 247 g/mol. The van der Waals surface area contributed by atoms with E-state index in [4.69, 9.17) is 5.11 Å². The third-order valence-corrected chi connectivity index (χ3v) is 2.56. The van der Waals surface area contributed by atoms with Crippen molar-refractivity contribution in [2.45, 2.75) is 13.0 Å². The molecule has 94 valence electrons. The van der Waals surface area contributed by atoms with Crippen molar-refractivity contribution >= 4 is 16.7 Å². The molecule has 1 aromatic heterocycles. The molecular weight excluding hydrogens is 234 g/mol.